The van der Waals surface area contributed by atoms with Crippen LogP contribution in [0, 0.1) is 0 Å². The zero-order chi connectivity index (χ0) is 20.0. The molecule has 0 aliphatic carbocycles. The van der Waals surface area contributed by atoms with Gasteiger partial charge in [-0.1, -0.05) is 0 Å². The van der Waals surface area contributed by atoms with Crippen LogP contribution in [0.4, 0.5) is 0 Å². The SMILES string of the molecule is CC(=O)OC1O[C@H](OC(C)=O)[C@@H](OC(C)=O)C(OC(C)=O)[C@@H]1OC(C)=O. The fourth-order valence-electron chi connectivity index (χ4n) is 2.25. The van der Waals surface area contributed by atoms with E-state index < -0.39 is 60.7 Å². The molecule has 1 heterocycles. The number of rotatable bonds is 5. The average molecular weight is 376 g/mol. The highest BCUT2D eigenvalue weighted by molar-refractivity contribution is 5.69. The van der Waals surface area contributed by atoms with Crippen molar-refractivity contribution in [3.8, 4) is 0 Å². The van der Waals surface area contributed by atoms with Crippen LogP contribution in [0.3, 0.4) is 0 Å². The summed E-state index contributed by atoms with van der Waals surface area (Å²) in [5.74, 6) is -4.03. The number of ether oxygens (including phenoxy) is 6. The second-order valence-corrected chi connectivity index (χ2v) is 5.31. The molecule has 0 N–H and O–H groups in total. The molecule has 1 saturated heterocycles. The van der Waals surface area contributed by atoms with Gasteiger partial charge in [0.2, 0.25) is 24.8 Å². The van der Waals surface area contributed by atoms with E-state index in [9.17, 15) is 24.0 Å². The lowest BCUT2D eigenvalue weighted by Crippen LogP contribution is -2.62. The van der Waals surface area contributed by atoms with Gasteiger partial charge in [-0.15, -0.1) is 0 Å². The predicted octanol–water partition coefficient (Wildman–Crippen LogP) is -0.410. The summed E-state index contributed by atoms with van der Waals surface area (Å²) in [6.07, 6.45) is -7.52. The van der Waals surface area contributed by atoms with Crippen LogP contribution < -0.4 is 0 Å². The topological polar surface area (TPSA) is 141 Å². The van der Waals surface area contributed by atoms with Gasteiger partial charge < -0.3 is 23.7 Å². The molecular weight excluding hydrogens is 356 g/mol. The summed E-state index contributed by atoms with van der Waals surface area (Å²) < 4.78 is 30.3. The first-order chi connectivity index (χ1) is 12.0. The van der Waals surface area contributed by atoms with Crippen LogP contribution in [-0.2, 0) is 52.4 Å². The van der Waals surface area contributed by atoms with E-state index in [1.54, 1.807) is 0 Å². The quantitative estimate of drug-likeness (QED) is 0.456. The fourth-order valence-corrected chi connectivity index (χ4v) is 2.25. The molecular formula is C15H20O11. The van der Waals surface area contributed by atoms with Crippen LogP contribution in [0.15, 0.2) is 0 Å². The summed E-state index contributed by atoms with van der Waals surface area (Å²) in [6, 6.07) is 0. The Kier molecular flexibility index (Phi) is 7.50. The first kappa shape index (κ1) is 21.4. The van der Waals surface area contributed by atoms with Gasteiger partial charge in [0.15, 0.2) is 6.10 Å². The van der Waals surface area contributed by atoms with Crippen molar-refractivity contribution in [3.05, 3.63) is 0 Å². The maximum atomic E-state index is 11.5. The Balaban J connectivity index is 3.32. The Hall–Kier alpha value is -2.69. The van der Waals surface area contributed by atoms with Gasteiger partial charge in [0.05, 0.1) is 0 Å². The Morgan fingerprint density at radius 3 is 1.04 bits per heavy atom. The van der Waals surface area contributed by atoms with Crippen molar-refractivity contribution in [1.82, 2.24) is 0 Å². The van der Waals surface area contributed by atoms with Crippen LogP contribution in [0.25, 0.3) is 0 Å². The molecule has 0 aromatic carbocycles. The maximum absolute atomic E-state index is 11.5. The predicted molar refractivity (Wildman–Crippen MR) is 78.9 cm³/mol. The van der Waals surface area contributed by atoms with Crippen molar-refractivity contribution in [3.63, 3.8) is 0 Å². The molecule has 0 aromatic rings. The van der Waals surface area contributed by atoms with Gasteiger partial charge in [-0.05, 0) is 0 Å². The first-order valence-electron chi connectivity index (χ1n) is 7.52. The van der Waals surface area contributed by atoms with E-state index in [0.717, 1.165) is 34.6 Å². The average Bonchev–Trinajstić information content (AvgIpc) is 2.44. The van der Waals surface area contributed by atoms with Crippen molar-refractivity contribution >= 4 is 29.8 Å². The molecule has 0 bridgehead atoms. The third-order valence-corrected chi connectivity index (χ3v) is 2.92. The van der Waals surface area contributed by atoms with Gasteiger partial charge in [0.1, 0.15) is 0 Å². The van der Waals surface area contributed by atoms with E-state index >= 15 is 0 Å². The first-order valence-corrected chi connectivity index (χ1v) is 7.52. The van der Waals surface area contributed by atoms with Crippen LogP contribution in [0.2, 0.25) is 0 Å². The molecule has 5 atom stereocenters. The Bertz CT molecular complexity index is 542. The summed E-state index contributed by atoms with van der Waals surface area (Å²) in [5.41, 5.74) is 0. The van der Waals surface area contributed by atoms with Crippen molar-refractivity contribution in [2.45, 2.75) is 65.5 Å². The lowest BCUT2D eigenvalue weighted by molar-refractivity contribution is -0.336. The molecule has 11 heteroatoms. The molecule has 1 aliphatic rings. The van der Waals surface area contributed by atoms with E-state index in [-0.39, 0.29) is 0 Å². The minimum atomic E-state index is -1.57. The summed E-state index contributed by atoms with van der Waals surface area (Å²) >= 11 is 0. The third kappa shape index (κ3) is 6.31. The van der Waals surface area contributed by atoms with Gasteiger partial charge >= 0.3 is 29.8 Å². The lowest BCUT2D eigenvalue weighted by Gasteiger charge is -2.42. The largest absolute Gasteiger partial charge is 0.454 e. The molecule has 1 aliphatic heterocycles. The summed E-state index contributed by atoms with van der Waals surface area (Å²) in [4.78, 5) is 56.9. The van der Waals surface area contributed by atoms with Gasteiger partial charge in [0.25, 0.3) is 0 Å². The monoisotopic (exact) mass is 376 g/mol. The Labute approximate surface area is 148 Å². The molecule has 1 fully saturated rings. The van der Waals surface area contributed by atoms with Crippen molar-refractivity contribution in [1.29, 1.82) is 0 Å². The normalized spacial score (nSPS) is 27.7. The van der Waals surface area contributed by atoms with E-state index in [1.807, 2.05) is 0 Å². The second-order valence-electron chi connectivity index (χ2n) is 5.31. The molecule has 1 rings (SSSR count). The van der Waals surface area contributed by atoms with Crippen LogP contribution in [0.1, 0.15) is 34.6 Å². The van der Waals surface area contributed by atoms with E-state index in [0.29, 0.717) is 0 Å². The summed E-state index contributed by atoms with van der Waals surface area (Å²) in [6.45, 7) is 5.32. The molecule has 0 spiro atoms. The zero-order valence-corrected chi connectivity index (χ0v) is 14.9. The molecule has 2 unspecified atom stereocenters. The van der Waals surface area contributed by atoms with Crippen molar-refractivity contribution in [2.75, 3.05) is 0 Å². The van der Waals surface area contributed by atoms with Gasteiger partial charge in [-0.3, -0.25) is 28.7 Å². The highest BCUT2D eigenvalue weighted by Crippen LogP contribution is 2.30. The highest BCUT2D eigenvalue weighted by Gasteiger charge is 2.54. The smallest absolute Gasteiger partial charge is 0.305 e. The number of esters is 5. The molecule has 0 amide bonds. The zero-order valence-electron chi connectivity index (χ0n) is 14.9. The maximum Gasteiger partial charge on any atom is 0.305 e. The second kappa shape index (κ2) is 9.13. The number of hydrogen-bond acceptors (Lipinski definition) is 11. The minimum Gasteiger partial charge on any atom is -0.454 e. The Morgan fingerprint density at radius 2 is 0.769 bits per heavy atom. The van der Waals surface area contributed by atoms with Crippen LogP contribution in [0.5, 0.6) is 0 Å². The van der Waals surface area contributed by atoms with Crippen molar-refractivity contribution < 1.29 is 52.4 Å². The number of hydrogen-bond donors (Lipinski definition) is 0. The molecule has 11 nitrogen and oxygen atoms in total. The third-order valence-electron chi connectivity index (χ3n) is 2.92. The summed E-state index contributed by atoms with van der Waals surface area (Å²) in [5, 5.41) is 0. The fraction of sp³-hybridized carbons (Fsp3) is 0.667. The van der Waals surface area contributed by atoms with E-state index in [4.69, 9.17) is 28.4 Å². The van der Waals surface area contributed by atoms with Gasteiger partial charge in [0, 0.05) is 34.6 Å². The van der Waals surface area contributed by atoms with Crippen molar-refractivity contribution in [2.24, 2.45) is 0 Å². The highest BCUT2D eigenvalue weighted by atomic mass is 16.8. The molecule has 26 heavy (non-hydrogen) atoms. The van der Waals surface area contributed by atoms with Gasteiger partial charge in [-0.25, -0.2) is 0 Å². The molecule has 0 aromatic heterocycles. The van der Waals surface area contributed by atoms with E-state index in [2.05, 4.69) is 0 Å². The molecule has 0 radical (unpaired) electrons. The van der Waals surface area contributed by atoms with E-state index in [1.165, 1.54) is 0 Å². The minimum absolute atomic E-state index is 0.804. The molecule has 146 valence electrons. The lowest BCUT2D eigenvalue weighted by atomic mass is 10.0. The molecule has 0 saturated carbocycles. The summed E-state index contributed by atoms with van der Waals surface area (Å²) in [7, 11) is 0. The van der Waals surface area contributed by atoms with Crippen LogP contribution >= 0.6 is 0 Å². The van der Waals surface area contributed by atoms with Crippen LogP contribution in [-0.4, -0.2) is 60.7 Å². The standard InChI is InChI=1S/C15H20O11/c1-6(16)21-11-12(22-7(2)17)14(24-9(4)19)26-15(25-10(5)20)13(11)23-8(3)18/h11-15H,1-5H3/t11?,12-,13-,14-,15?/m0/s1. The number of carbonyl (C=O) groups excluding carboxylic acids is 5. The Morgan fingerprint density at radius 1 is 0.500 bits per heavy atom. The van der Waals surface area contributed by atoms with Gasteiger partial charge in [-0.2, -0.15) is 0 Å². The number of carbonyl (C=O) groups is 5.